The Morgan fingerprint density at radius 1 is 1.14 bits per heavy atom. The van der Waals surface area contributed by atoms with Gasteiger partial charge in [-0.2, -0.15) is 5.10 Å². The molecule has 6 nitrogen and oxygen atoms in total. The molecule has 1 amide bonds. The topological polar surface area (TPSA) is 67.2 Å². The van der Waals surface area contributed by atoms with Gasteiger partial charge in [-0.25, -0.2) is 4.68 Å². The van der Waals surface area contributed by atoms with E-state index in [2.05, 4.69) is 15.3 Å². The third-order valence-electron chi connectivity index (χ3n) is 6.51. The van der Waals surface area contributed by atoms with Gasteiger partial charge in [-0.05, 0) is 64.6 Å². The van der Waals surface area contributed by atoms with E-state index < -0.39 is 0 Å². The van der Waals surface area contributed by atoms with Gasteiger partial charge in [0.15, 0.2) is 0 Å². The van der Waals surface area contributed by atoms with Crippen molar-refractivity contribution in [3.05, 3.63) is 40.3 Å². The Labute approximate surface area is 172 Å². The normalized spacial score (nSPS) is 22.6. The number of rotatable bonds is 5. The van der Waals surface area contributed by atoms with Gasteiger partial charge in [0, 0.05) is 18.0 Å². The van der Waals surface area contributed by atoms with E-state index in [-0.39, 0.29) is 23.9 Å². The van der Waals surface area contributed by atoms with E-state index in [0.717, 1.165) is 11.9 Å². The fraction of sp³-hybridized carbons (Fsp3) is 0.609. The quantitative estimate of drug-likeness (QED) is 0.844. The first-order valence-electron chi connectivity index (χ1n) is 11.1. The Hall–Kier alpha value is -2.21. The summed E-state index contributed by atoms with van der Waals surface area (Å²) >= 11 is 0. The molecule has 6 heteroatoms. The predicted octanol–water partition coefficient (Wildman–Crippen LogP) is 2.90. The Morgan fingerprint density at radius 2 is 1.90 bits per heavy atom. The first kappa shape index (κ1) is 20.1. The van der Waals surface area contributed by atoms with Crippen LogP contribution in [0.4, 0.5) is 0 Å². The lowest BCUT2D eigenvalue weighted by atomic mass is 9.83. The lowest BCUT2D eigenvalue weighted by Gasteiger charge is -2.44. The highest BCUT2D eigenvalue weighted by Crippen LogP contribution is 2.30. The molecule has 4 rings (SSSR count). The maximum atomic E-state index is 12.8. The first-order valence-corrected chi connectivity index (χ1v) is 11.1. The highest BCUT2D eigenvalue weighted by atomic mass is 16.1. The summed E-state index contributed by atoms with van der Waals surface area (Å²) in [6.45, 7) is 7.03. The molecule has 2 aromatic rings. The van der Waals surface area contributed by atoms with Crippen LogP contribution in [0.15, 0.2) is 29.1 Å². The third-order valence-corrected chi connectivity index (χ3v) is 6.51. The molecule has 2 fully saturated rings. The van der Waals surface area contributed by atoms with Gasteiger partial charge >= 0.3 is 0 Å². The Morgan fingerprint density at radius 3 is 2.69 bits per heavy atom. The summed E-state index contributed by atoms with van der Waals surface area (Å²) in [5.74, 6) is 0.534. The number of fused-ring (bicyclic) bond motifs is 2. The molecule has 29 heavy (non-hydrogen) atoms. The highest BCUT2D eigenvalue weighted by molar-refractivity contribution is 5.88. The lowest BCUT2D eigenvalue weighted by molar-refractivity contribution is -0.120. The molecule has 0 aliphatic carbocycles. The number of benzene rings is 1. The minimum absolute atomic E-state index is 0.00968. The van der Waals surface area contributed by atoms with Crippen LogP contribution in [0.1, 0.15) is 57.7 Å². The molecular formula is C23H32N4O2. The molecular weight excluding hydrogens is 364 g/mol. The number of nitrogens with one attached hydrogen (secondary N) is 1. The van der Waals surface area contributed by atoms with Gasteiger partial charge in [-0.1, -0.05) is 24.6 Å². The summed E-state index contributed by atoms with van der Waals surface area (Å²) in [5, 5.41) is 9.11. The zero-order valence-corrected chi connectivity index (χ0v) is 17.6. The summed E-state index contributed by atoms with van der Waals surface area (Å²) in [6.07, 6.45) is 6.49. The molecule has 2 aliphatic heterocycles. The summed E-state index contributed by atoms with van der Waals surface area (Å²) in [7, 11) is 0. The second-order valence-electron chi connectivity index (χ2n) is 8.82. The van der Waals surface area contributed by atoms with E-state index in [1.807, 2.05) is 38.1 Å². The maximum absolute atomic E-state index is 12.8. The number of amides is 1. The molecule has 2 saturated heterocycles. The standard InChI is InChI=1S/C23H32N4O2/c1-16(2)27-23(29)19-10-4-3-9-18(19)20(25-27)14-22(28)24-15-17-8-7-13-26-12-6-5-11-21(17)26/h3-4,9-10,16-17,21H,5-8,11-15H2,1-2H3,(H,24,28)/t17-,21-/m1/s1. The summed E-state index contributed by atoms with van der Waals surface area (Å²) < 4.78 is 1.49. The number of carbonyl (C=O) groups excluding carboxylic acids is 1. The SMILES string of the molecule is CC(C)n1nc(CC(=O)NC[C@H]2CCCN3CCCC[C@H]23)c2ccccc2c1=O. The summed E-state index contributed by atoms with van der Waals surface area (Å²) in [5.41, 5.74) is 0.577. The second-order valence-corrected chi connectivity index (χ2v) is 8.82. The molecule has 2 aliphatic rings. The maximum Gasteiger partial charge on any atom is 0.274 e. The highest BCUT2D eigenvalue weighted by Gasteiger charge is 2.32. The van der Waals surface area contributed by atoms with Gasteiger partial charge < -0.3 is 10.2 Å². The van der Waals surface area contributed by atoms with E-state index in [1.54, 1.807) is 0 Å². The average Bonchev–Trinajstić information content (AvgIpc) is 2.74. The minimum atomic E-state index is -0.0978. The van der Waals surface area contributed by atoms with Gasteiger partial charge in [0.1, 0.15) is 0 Å². The van der Waals surface area contributed by atoms with Crippen LogP contribution < -0.4 is 10.9 Å². The van der Waals surface area contributed by atoms with Gasteiger partial charge in [-0.15, -0.1) is 0 Å². The number of nitrogens with zero attached hydrogens (tertiary/aromatic N) is 3. The molecule has 2 atom stereocenters. The number of carbonyl (C=O) groups is 1. The summed E-state index contributed by atoms with van der Waals surface area (Å²) in [6, 6.07) is 8.03. The zero-order chi connectivity index (χ0) is 20.4. The van der Waals surface area contributed by atoms with Gasteiger partial charge in [0.05, 0.1) is 23.5 Å². The van der Waals surface area contributed by atoms with Gasteiger partial charge in [0.25, 0.3) is 5.56 Å². The smallest absolute Gasteiger partial charge is 0.274 e. The molecule has 1 aromatic heterocycles. The van der Waals surface area contributed by atoms with Crippen molar-refractivity contribution in [1.29, 1.82) is 0 Å². The van der Waals surface area contributed by atoms with Crippen LogP contribution in [0.25, 0.3) is 10.8 Å². The van der Waals surface area contributed by atoms with Gasteiger partial charge in [0.2, 0.25) is 5.91 Å². The molecule has 0 bridgehead atoms. The number of piperidine rings is 2. The molecule has 1 aromatic carbocycles. The van der Waals surface area contributed by atoms with Crippen molar-refractivity contribution in [1.82, 2.24) is 20.0 Å². The average molecular weight is 397 g/mol. The van der Waals surface area contributed by atoms with Crippen molar-refractivity contribution in [3.8, 4) is 0 Å². The number of hydrogen-bond donors (Lipinski definition) is 1. The molecule has 0 unspecified atom stereocenters. The summed E-state index contributed by atoms with van der Waals surface area (Å²) in [4.78, 5) is 28.1. The Bertz CT molecular complexity index is 934. The minimum Gasteiger partial charge on any atom is -0.355 e. The van der Waals surface area contributed by atoms with Crippen molar-refractivity contribution in [3.63, 3.8) is 0 Å². The monoisotopic (exact) mass is 396 g/mol. The molecule has 1 N–H and O–H groups in total. The van der Waals surface area contributed by atoms with Gasteiger partial charge in [-0.3, -0.25) is 9.59 Å². The Kier molecular flexibility index (Phi) is 5.99. The van der Waals surface area contributed by atoms with E-state index >= 15 is 0 Å². The van der Waals surface area contributed by atoms with Crippen LogP contribution in [-0.2, 0) is 11.2 Å². The van der Waals surface area contributed by atoms with Crippen molar-refractivity contribution < 1.29 is 4.79 Å². The van der Waals surface area contributed by atoms with Crippen LogP contribution in [0.3, 0.4) is 0 Å². The number of aromatic nitrogens is 2. The van der Waals surface area contributed by atoms with Crippen LogP contribution in [0.5, 0.6) is 0 Å². The van der Waals surface area contributed by atoms with Crippen LogP contribution >= 0.6 is 0 Å². The molecule has 156 valence electrons. The second kappa shape index (κ2) is 8.66. The molecule has 0 radical (unpaired) electrons. The predicted molar refractivity (Wildman–Crippen MR) is 115 cm³/mol. The van der Waals surface area contributed by atoms with Crippen LogP contribution in [0, 0.1) is 5.92 Å². The largest absolute Gasteiger partial charge is 0.355 e. The van der Waals surface area contributed by atoms with Crippen LogP contribution in [0.2, 0.25) is 0 Å². The zero-order valence-electron chi connectivity index (χ0n) is 17.6. The van der Waals surface area contributed by atoms with Crippen LogP contribution in [-0.4, -0.2) is 46.3 Å². The molecule has 0 spiro atoms. The Balaban J connectivity index is 1.48. The fourth-order valence-corrected chi connectivity index (χ4v) is 5.03. The lowest BCUT2D eigenvalue weighted by Crippen LogP contribution is -2.51. The van der Waals surface area contributed by atoms with Crippen molar-refractivity contribution >= 4 is 16.7 Å². The number of hydrogen-bond acceptors (Lipinski definition) is 4. The van der Waals surface area contributed by atoms with E-state index in [1.165, 1.54) is 49.9 Å². The van der Waals surface area contributed by atoms with Crippen molar-refractivity contribution in [2.24, 2.45) is 5.92 Å². The van der Waals surface area contributed by atoms with E-state index in [4.69, 9.17) is 0 Å². The van der Waals surface area contributed by atoms with E-state index in [9.17, 15) is 9.59 Å². The molecule has 0 saturated carbocycles. The van der Waals surface area contributed by atoms with Crippen molar-refractivity contribution in [2.45, 2.75) is 64.5 Å². The van der Waals surface area contributed by atoms with Crippen molar-refractivity contribution in [2.75, 3.05) is 19.6 Å². The fourth-order valence-electron chi connectivity index (χ4n) is 5.03. The first-order chi connectivity index (χ1) is 14.0. The third kappa shape index (κ3) is 4.22. The molecule has 3 heterocycles. The van der Waals surface area contributed by atoms with E-state index in [0.29, 0.717) is 23.0 Å².